The first-order valence-corrected chi connectivity index (χ1v) is 7.49. The minimum atomic E-state index is 0.252. The molecule has 1 saturated heterocycles. The van der Waals surface area contributed by atoms with Crippen LogP contribution in [0.25, 0.3) is 0 Å². The summed E-state index contributed by atoms with van der Waals surface area (Å²) in [6, 6.07) is 4.79. The van der Waals surface area contributed by atoms with Crippen LogP contribution in [-0.4, -0.2) is 5.75 Å². The van der Waals surface area contributed by atoms with Crippen LogP contribution >= 0.6 is 11.8 Å². The standard InChI is InChI=1S/C16H24S/c1-11-9-13(15(3,4)5)10-12(2)14(11)16(6)7-8-17-16/h9-10H,7-8H2,1-6H3. The van der Waals surface area contributed by atoms with Crippen molar-refractivity contribution in [2.24, 2.45) is 0 Å². The van der Waals surface area contributed by atoms with Crippen molar-refractivity contribution in [3.8, 4) is 0 Å². The number of aryl methyl sites for hydroxylation is 2. The molecule has 1 aliphatic rings. The third kappa shape index (κ3) is 2.27. The maximum atomic E-state index is 2.40. The molecule has 0 radical (unpaired) electrons. The number of thioether (sulfide) groups is 1. The third-order valence-corrected chi connectivity index (χ3v) is 5.38. The molecule has 1 unspecified atom stereocenters. The van der Waals surface area contributed by atoms with Gasteiger partial charge in [-0.3, -0.25) is 0 Å². The van der Waals surface area contributed by atoms with Crippen LogP contribution in [-0.2, 0) is 10.2 Å². The van der Waals surface area contributed by atoms with E-state index in [4.69, 9.17) is 0 Å². The second kappa shape index (κ2) is 4.05. The lowest BCUT2D eigenvalue weighted by Crippen LogP contribution is -2.30. The highest BCUT2D eigenvalue weighted by Gasteiger charge is 2.37. The van der Waals surface area contributed by atoms with E-state index >= 15 is 0 Å². The predicted octanol–water partition coefficient (Wildman–Crippen LogP) is 4.95. The van der Waals surface area contributed by atoms with Crippen molar-refractivity contribution < 1.29 is 0 Å². The zero-order valence-corrected chi connectivity index (χ0v) is 12.8. The van der Waals surface area contributed by atoms with Gasteiger partial charge >= 0.3 is 0 Å². The Morgan fingerprint density at radius 3 is 1.88 bits per heavy atom. The van der Waals surface area contributed by atoms with Gasteiger partial charge in [-0.15, -0.1) is 0 Å². The fourth-order valence-corrected chi connectivity index (χ4v) is 4.12. The minimum Gasteiger partial charge on any atom is -0.151 e. The molecule has 0 aromatic heterocycles. The largest absolute Gasteiger partial charge is 0.151 e. The number of hydrogen-bond acceptors (Lipinski definition) is 1. The maximum Gasteiger partial charge on any atom is 0.0393 e. The highest BCUT2D eigenvalue weighted by Crippen LogP contribution is 2.51. The van der Waals surface area contributed by atoms with Crippen molar-refractivity contribution in [3.05, 3.63) is 34.4 Å². The Hall–Kier alpha value is -0.430. The van der Waals surface area contributed by atoms with E-state index in [-0.39, 0.29) is 5.41 Å². The van der Waals surface area contributed by atoms with Crippen molar-refractivity contribution in [2.75, 3.05) is 5.75 Å². The quantitative estimate of drug-likeness (QED) is 0.677. The lowest BCUT2D eigenvalue weighted by atomic mass is 9.81. The van der Waals surface area contributed by atoms with Gasteiger partial charge in [0.2, 0.25) is 0 Å². The Morgan fingerprint density at radius 2 is 1.59 bits per heavy atom. The second-order valence-corrected chi connectivity index (χ2v) is 8.16. The summed E-state index contributed by atoms with van der Waals surface area (Å²) in [5, 5.41) is 0. The van der Waals surface area contributed by atoms with Gasteiger partial charge in [0.05, 0.1) is 0 Å². The Bertz CT molecular complexity index is 410. The van der Waals surface area contributed by atoms with Gasteiger partial charge in [-0.05, 0) is 60.6 Å². The van der Waals surface area contributed by atoms with Gasteiger partial charge < -0.3 is 0 Å². The van der Waals surface area contributed by atoms with E-state index in [9.17, 15) is 0 Å². The zero-order chi connectivity index (χ0) is 12.8. The predicted molar refractivity (Wildman–Crippen MR) is 79.0 cm³/mol. The van der Waals surface area contributed by atoms with Gasteiger partial charge in [0.1, 0.15) is 0 Å². The van der Waals surface area contributed by atoms with Gasteiger partial charge in [-0.2, -0.15) is 11.8 Å². The summed E-state index contributed by atoms with van der Waals surface area (Å²) in [6.45, 7) is 13.8. The molecule has 2 rings (SSSR count). The van der Waals surface area contributed by atoms with Crippen molar-refractivity contribution in [2.45, 2.75) is 58.1 Å². The average Bonchev–Trinajstić information content (AvgIpc) is 2.12. The SMILES string of the molecule is Cc1cc(C(C)(C)C)cc(C)c1C1(C)CCS1. The molecular formula is C16H24S. The average molecular weight is 248 g/mol. The highest BCUT2D eigenvalue weighted by molar-refractivity contribution is 8.01. The molecule has 1 fully saturated rings. The molecule has 1 atom stereocenters. The van der Waals surface area contributed by atoms with Crippen LogP contribution in [0.1, 0.15) is 56.4 Å². The van der Waals surface area contributed by atoms with Gasteiger partial charge in [0.15, 0.2) is 0 Å². The summed E-state index contributed by atoms with van der Waals surface area (Å²) in [5.41, 5.74) is 6.25. The first-order valence-electron chi connectivity index (χ1n) is 6.50. The van der Waals surface area contributed by atoms with E-state index < -0.39 is 0 Å². The van der Waals surface area contributed by atoms with E-state index in [0.29, 0.717) is 4.75 Å². The summed E-state index contributed by atoms with van der Waals surface area (Å²) in [5.74, 6) is 1.32. The molecule has 1 heteroatoms. The molecule has 1 aromatic rings. The first-order chi connectivity index (χ1) is 7.74. The van der Waals surface area contributed by atoms with Crippen molar-refractivity contribution >= 4 is 11.8 Å². The third-order valence-electron chi connectivity index (χ3n) is 3.93. The van der Waals surface area contributed by atoms with Crippen LogP contribution in [0.15, 0.2) is 12.1 Å². The zero-order valence-electron chi connectivity index (χ0n) is 12.0. The van der Waals surface area contributed by atoms with Crippen molar-refractivity contribution in [1.82, 2.24) is 0 Å². The van der Waals surface area contributed by atoms with Crippen LogP contribution in [0.3, 0.4) is 0 Å². The molecule has 0 spiro atoms. The first kappa shape index (κ1) is 13.0. The molecule has 1 heterocycles. The number of rotatable bonds is 1. The van der Waals surface area contributed by atoms with E-state index in [2.05, 4.69) is 65.4 Å². The molecule has 0 nitrogen and oxygen atoms in total. The Morgan fingerprint density at radius 1 is 1.12 bits per heavy atom. The van der Waals surface area contributed by atoms with Gasteiger partial charge in [0.25, 0.3) is 0 Å². The molecule has 0 aliphatic carbocycles. The van der Waals surface area contributed by atoms with Gasteiger partial charge in [-0.1, -0.05) is 32.9 Å². The molecule has 0 N–H and O–H groups in total. The van der Waals surface area contributed by atoms with Crippen LogP contribution < -0.4 is 0 Å². The van der Waals surface area contributed by atoms with Crippen LogP contribution in [0.2, 0.25) is 0 Å². The van der Waals surface area contributed by atoms with Crippen LogP contribution in [0, 0.1) is 13.8 Å². The van der Waals surface area contributed by atoms with E-state index in [1.807, 2.05) is 0 Å². The topological polar surface area (TPSA) is 0 Å². The molecule has 0 amide bonds. The van der Waals surface area contributed by atoms with Crippen molar-refractivity contribution in [1.29, 1.82) is 0 Å². The van der Waals surface area contributed by atoms with Crippen LogP contribution in [0.5, 0.6) is 0 Å². The monoisotopic (exact) mass is 248 g/mol. The maximum absolute atomic E-state index is 2.40. The number of benzene rings is 1. The Labute approximate surface area is 110 Å². The van der Waals surface area contributed by atoms with Gasteiger partial charge in [0, 0.05) is 4.75 Å². The molecule has 0 bridgehead atoms. The molecule has 1 aliphatic heterocycles. The molecule has 1 aromatic carbocycles. The van der Waals surface area contributed by atoms with E-state index in [1.165, 1.54) is 28.9 Å². The molecule has 17 heavy (non-hydrogen) atoms. The normalized spacial score (nSPS) is 24.6. The summed E-state index contributed by atoms with van der Waals surface area (Å²) >= 11 is 2.10. The summed E-state index contributed by atoms with van der Waals surface area (Å²) in [4.78, 5) is 0. The summed E-state index contributed by atoms with van der Waals surface area (Å²) in [6.07, 6.45) is 1.33. The molecule has 94 valence electrons. The molecule has 0 saturated carbocycles. The minimum absolute atomic E-state index is 0.252. The van der Waals surface area contributed by atoms with Crippen molar-refractivity contribution in [3.63, 3.8) is 0 Å². The Kier molecular flexibility index (Phi) is 3.10. The van der Waals surface area contributed by atoms with Crippen LogP contribution in [0.4, 0.5) is 0 Å². The Balaban J connectivity index is 2.50. The number of hydrogen-bond donors (Lipinski definition) is 0. The fraction of sp³-hybridized carbons (Fsp3) is 0.625. The second-order valence-electron chi connectivity index (χ2n) is 6.56. The fourth-order valence-electron chi connectivity index (χ4n) is 2.84. The lowest BCUT2D eigenvalue weighted by molar-refractivity contribution is 0.583. The van der Waals surface area contributed by atoms with E-state index in [0.717, 1.165) is 0 Å². The summed E-state index contributed by atoms with van der Waals surface area (Å²) < 4.78 is 0.380. The smallest absolute Gasteiger partial charge is 0.0393 e. The molecular weight excluding hydrogens is 224 g/mol. The highest BCUT2D eigenvalue weighted by atomic mass is 32.2. The summed E-state index contributed by atoms with van der Waals surface area (Å²) in [7, 11) is 0. The van der Waals surface area contributed by atoms with Gasteiger partial charge in [-0.25, -0.2) is 0 Å². The lowest BCUT2D eigenvalue weighted by Gasteiger charge is -2.41. The van der Waals surface area contributed by atoms with E-state index in [1.54, 1.807) is 5.56 Å².